The SMILES string of the molecule is COC(C#N)/C=C(\C)O[Si](C)(C)C. The van der Waals surface area contributed by atoms with E-state index in [-0.39, 0.29) is 0 Å². The van der Waals surface area contributed by atoms with Gasteiger partial charge in [-0.1, -0.05) is 0 Å². The van der Waals surface area contributed by atoms with Crippen LogP contribution in [0.2, 0.25) is 19.6 Å². The summed E-state index contributed by atoms with van der Waals surface area (Å²) in [6.45, 7) is 8.14. The van der Waals surface area contributed by atoms with E-state index < -0.39 is 14.4 Å². The summed E-state index contributed by atoms with van der Waals surface area (Å²) in [5.41, 5.74) is 0. The molecule has 4 heteroatoms. The fraction of sp³-hybridized carbons (Fsp3) is 0.667. The van der Waals surface area contributed by atoms with E-state index in [0.29, 0.717) is 0 Å². The summed E-state index contributed by atoms with van der Waals surface area (Å²) in [7, 11) is -0.0398. The Morgan fingerprint density at radius 3 is 2.31 bits per heavy atom. The summed E-state index contributed by atoms with van der Waals surface area (Å²) >= 11 is 0. The smallest absolute Gasteiger partial charge is 0.241 e. The van der Waals surface area contributed by atoms with Gasteiger partial charge in [0.2, 0.25) is 8.32 Å². The predicted molar refractivity (Wildman–Crippen MR) is 54.6 cm³/mol. The Hall–Kier alpha value is -0.793. The molecule has 3 nitrogen and oxygen atoms in total. The summed E-state index contributed by atoms with van der Waals surface area (Å²) in [6.07, 6.45) is 1.19. The molecule has 0 fully saturated rings. The second-order valence-corrected chi connectivity index (χ2v) is 8.21. The van der Waals surface area contributed by atoms with E-state index in [1.807, 2.05) is 13.0 Å². The van der Waals surface area contributed by atoms with Gasteiger partial charge in [-0.25, -0.2) is 0 Å². The highest BCUT2D eigenvalue weighted by atomic mass is 28.4. The Morgan fingerprint density at radius 2 is 2.00 bits per heavy atom. The van der Waals surface area contributed by atoms with E-state index in [1.165, 1.54) is 7.11 Å². The van der Waals surface area contributed by atoms with Gasteiger partial charge in [0.1, 0.15) is 0 Å². The number of rotatable bonds is 4. The number of ether oxygens (including phenoxy) is 1. The van der Waals surface area contributed by atoms with Crippen LogP contribution < -0.4 is 0 Å². The fourth-order valence-electron chi connectivity index (χ4n) is 0.888. The quantitative estimate of drug-likeness (QED) is 0.515. The number of hydrogen-bond donors (Lipinski definition) is 0. The van der Waals surface area contributed by atoms with Gasteiger partial charge in [-0.3, -0.25) is 0 Å². The Balaban J connectivity index is 4.25. The molecule has 0 aromatic carbocycles. The van der Waals surface area contributed by atoms with Crippen molar-refractivity contribution >= 4 is 8.32 Å². The average molecular weight is 199 g/mol. The molecule has 0 saturated heterocycles. The molecule has 0 aliphatic carbocycles. The molecule has 74 valence electrons. The number of allylic oxidation sites excluding steroid dienone is 1. The van der Waals surface area contributed by atoms with Gasteiger partial charge in [-0.2, -0.15) is 5.26 Å². The largest absolute Gasteiger partial charge is 0.548 e. The van der Waals surface area contributed by atoms with E-state index in [4.69, 9.17) is 14.4 Å². The fourth-order valence-corrected chi connectivity index (χ4v) is 1.92. The Morgan fingerprint density at radius 1 is 1.46 bits per heavy atom. The summed E-state index contributed by atoms with van der Waals surface area (Å²) < 4.78 is 10.5. The lowest BCUT2D eigenvalue weighted by Gasteiger charge is -2.19. The van der Waals surface area contributed by atoms with E-state index >= 15 is 0 Å². The third kappa shape index (κ3) is 6.38. The van der Waals surface area contributed by atoms with Crippen LogP contribution in [0.25, 0.3) is 0 Å². The minimum absolute atomic E-state index is 0.503. The molecule has 0 N–H and O–H groups in total. The lowest BCUT2D eigenvalue weighted by molar-refractivity contribution is 0.179. The molecule has 0 aromatic rings. The first-order valence-corrected chi connectivity index (χ1v) is 7.59. The van der Waals surface area contributed by atoms with Gasteiger partial charge < -0.3 is 9.16 Å². The Kier molecular flexibility index (Phi) is 4.74. The molecule has 0 aliphatic heterocycles. The lowest BCUT2D eigenvalue weighted by Crippen LogP contribution is -2.24. The maximum atomic E-state index is 8.61. The highest BCUT2D eigenvalue weighted by Crippen LogP contribution is 2.10. The summed E-state index contributed by atoms with van der Waals surface area (Å²) in [4.78, 5) is 0. The molecule has 0 radical (unpaired) electrons. The molecular weight excluding hydrogens is 182 g/mol. The molecule has 0 aromatic heterocycles. The van der Waals surface area contributed by atoms with Crippen LogP contribution in [0.5, 0.6) is 0 Å². The second kappa shape index (κ2) is 5.05. The monoisotopic (exact) mass is 199 g/mol. The van der Waals surface area contributed by atoms with Crippen LogP contribution >= 0.6 is 0 Å². The third-order valence-corrected chi connectivity index (χ3v) is 2.17. The van der Waals surface area contributed by atoms with Crippen LogP contribution in [0.3, 0.4) is 0 Å². The number of nitriles is 1. The van der Waals surface area contributed by atoms with Crippen molar-refractivity contribution in [1.29, 1.82) is 5.26 Å². The zero-order valence-corrected chi connectivity index (χ0v) is 9.92. The first-order valence-electron chi connectivity index (χ1n) is 4.19. The maximum absolute atomic E-state index is 8.61. The van der Waals surface area contributed by atoms with Gasteiger partial charge in [-0.05, 0) is 32.6 Å². The van der Waals surface area contributed by atoms with E-state index in [2.05, 4.69) is 19.6 Å². The van der Waals surface area contributed by atoms with Crippen molar-refractivity contribution in [2.45, 2.75) is 32.7 Å². The normalized spacial score (nSPS) is 14.9. The molecular formula is C9H17NO2Si. The maximum Gasteiger partial charge on any atom is 0.241 e. The van der Waals surface area contributed by atoms with Crippen LogP contribution in [0.1, 0.15) is 6.92 Å². The first kappa shape index (κ1) is 12.2. The van der Waals surface area contributed by atoms with Crippen LogP contribution in [-0.2, 0) is 9.16 Å². The number of methoxy groups -OCH3 is 1. The van der Waals surface area contributed by atoms with Crippen LogP contribution in [-0.4, -0.2) is 21.5 Å². The first-order chi connectivity index (χ1) is 5.89. The minimum atomic E-state index is -1.55. The zero-order valence-electron chi connectivity index (χ0n) is 8.92. The standard InChI is InChI=1S/C9H17NO2Si/c1-8(12-13(3,4)5)6-9(7-10)11-2/h6,9H,1-5H3/b8-6+. The summed E-state index contributed by atoms with van der Waals surface area (Å²) in [6, 6.07) is 2.01. The van der Waals surface area contributed by atoms with Crippen LogP contribution in [0.4, 0.5) is 0 Å². The lowest BCUT2D eigenvalue weighted by atomic mass is 10.3. The number of hydrogen-bond acceptors (Lipinski definition) is 3. The third-order valence-electron chi connectivity index (χ3n) is 1.23. The van der Waals surface area contributed by atoms with Crippen molar-refractivity contribution in [2.75, 3.05) is 7.11 Å². The van der Waals surface area contributed by atoms with Crippen molar-refractivity contribution in [3.05, 3.63) is 11.8 Å². The predicted octanol–water partition coefficient (Wildman–Crippen LogP) is 2.28. The molecule has 0 rings (SSSR count). The van der Waals surface area contributed by atoms with Gasteiger partial charge in [0.15, 0.2) is 6.10 Å². The van der Waals surface area contributed by atoms with Crippen molar-refractivity contribution in [3.8, 4) is 6.07 Å². The van der Waals surface area contributed by atoms with Crippen molar-refractivity contribution in [2.24, 2.45) is 0 Å². The second-order valence-electron chi connectivity index (χ2n) is 3.78. The van der Waals surface area contributed by atoms with Crippen molar-refractivity contribution < 1.29 is 9.16 Å². The molecule has 0 heterocycles. The average Bonchev–Trinajstić information content (AvgIpc) is 1.96. The molecule has 1 unspecified atom stereocenters. The Bertz CT molecular complexity index is 225. The molecule has 0 bridgehead atoms. The van der Waals surface area contributed by atoms with Crippen molar-refractivity contribution in [1.82, 2.24) is 0 Å². The molecule has 0 spiro atoms. The van der Waals surface area contributed by atoms with Crippen molar-refractivity contribution in [3.63, 3.8) is 0 Å². The van der Waals surface area contributed by atoms with Crippen LogP contribution in [0, 0.1) is 11.3 Å². The molecule has 0 aliphatic rings. The van der Waals surface area contributed by atoms with Gasteiger partial charge in [0, 0.05) is 7.11 Å². The molecule has 13 heavy (non-hydrogen) atoms. The zero-order chi connectivity index (χ0) is 10.5. The highest BCUT2D eigenvalue weighted by molar-refractivity contribution is 6.70. The van der Waals surface area contributed by atoms with Gasteiger partial charge in [-0.15, -0.1) is 0 Å². The highest BCUT2D eigenvalue weighted by Gasteiger charge is 2.16. The van der Waals surface area contributed by atoms with Gasteiger partial charge >= 0.3 is 0 Å². The number of nitrogens with zero attached hydrogens (tertiary/aromatic N) is 1. The van der Waals surface area contributed by atoms with E-state index in [0.717, 1.165) is 5.76 Å². The van der Waals surface area contributed by atoms with Gasteiger partial charge in [0.25, 0.3) is 0 Å². The molecule has 0 saturated carbocycles. The molecule has 1 atom stereocenters. The summed E-state index contributed by atoms with van der Waals surface area (Å²) in [5, 5.41) is 8.61. The Labute approximate surface area is 81.1 Å². The van der Waals surface area contributed by atoms with E-state index in [9.17, 15) is 0 Å². The molecule has 0 amide bonds. The summed E-state index contributed by atoms with van der Waals surface area (Å²) in [5.74, 6) is 0.771. The topological polar surface area (TPSA) is 42.2 Å². The minimum Gasteiger partial charge on any atom is -0.548 e. The van der Waals surface area contributed by atoms with Crippen LogP contribution in [0.15, 0.2) is 11.8 Å². The van der Waals surface area contributed by atoms with Gasteiger partial charge in [0.05, 0.1) is 11.8 Å². The van der Waals surface area contributed by atoms with E-state index in [1.54, 1.807) is 6.08 Å².